The molecule has 16 heavy (non-hydrogen) atoms. The summed E-state index contributed by atoms with van der Waals surface area (Å²) >= 11 is 0. The molecule has 1 aliphatic heterocycles. The normalized spacial score (nSPS) is 20.8. The largest absolute Gasteiger partial charge is 0.335 e. The maximum atomic E-state index is 11.7. The van der Waals surface area contributed by atoms with Crippen molar-refractivity contribution in [2.24, 2.45) is 5.73 Å². The van der Waals surface area contributed by atoms with E-state index in [1.807, 2.05) is 23.2 Å². The summed E-state index contributed by atoms with van der Waals surface area (Å²) in [6.45, 7) is 0.909. The molecule has 0 saturated carbocycles. The zero-order valence-corrected chi connectivity index (χ0v) is 9.30. The third kappa shape index (κ3) is 2.22. The van der Waals surface area contributed by atoms with E-state index < -0.39 is 0 Å². The van der Waals surface area contributed by atoms with Crippen LogP contribution in [0, 0.1) is 0 Å². The minimum absolute atomic E-state index is 0.0357. The lowest BCUT2D eigenvalue weighted by Crippen LogP contribution is -2.41. The molecule has 2 N–H and O–H groups in total. The van der Waals surface area contributed by atoms with Gasteiger partial charge in [0.2, 0.25) is 5.91 Å². The summed E-state index contributed by atoms with van der Waals surface area (Å²) in [6, 6.07) is 4.10. The highest BCUT2D eigenvalue weighted by Crippen LogP contribution is 2.30. The molecule has 0 aromatic carbocycles. The number of aromatic nitrogens is 1. The van der Waals surface area contributed by atoms with Crippen LogP contribution in [-0.4, -0.2) is 28.9 Å². The summed E-state index contributed by atoms with van der Waals surface area (Å²) in [5, 5.41) is 0. The van der Waals surface area contributed by atoms with Crippen molar-refractivity contribution in [2.75, 3.05) is 13.1 Å². The number of amides is 1. The summed E-state index contributed by atoms with van der Waals surface area (Å²) in [7, 11) is 0. The van der Waals surface area contributed by atoms with E-state index in [2.05, 4.69) is 4.98 Å². The van der Waals surface area contributed by atoms with Crippen molar-refractivity contribution >= 4 is 5.91 Å². The number of likely N-dealkylation sites (tertiary alicyclic amines) is 1. The summed E-state index contributed by atoms with van der Waals surface area (Å²) in [5.74, 6) is 0.0357. The molecular weight excluding hydrogens is 202 g/mol. The number of hydrogen-bond acceptors (Lipinski definition) is 3. The third-order valence-corrected chi connectivity index (χ3v) is 3.07. The summed E-state index contributed by atoms with van der Waals surface area (Å²) in [5.41, 5.74) is 6.55. The SMILES string of the molecule is NCC(=O)N1CCCC[C@H]1c1cccnc1. The Hall–Kier alpha value is -1.42. The molecule has 1 saturated heterocycles. The number of piperidine rings is 1. The molecular formula is C12H17N3O. The molecule has 0 bridgehead atoms. The van der Waals surface area contributed by atoms with Gasteiger partial charge in [-0.25, -0.2) is 0 Å². The topological polar surface area (TPSA) is 59.2 Å². The second-order valence-electron chi connectivity index (χ2n) is 4.09. The van der Waals surface area contributed by atoms with Gasteiger partial charge < -0.3 is 10.6 Å². The van der Waals surface area contributed by atoms with Gasteiger partial charge >= 0.3 is 0 Å². The fourth-order valence-electron chi connectivity index (χ4n) is 2.27. The lowest BCUT2D eigenvalue weighted by molar-refractivity contribution is -0.133. The van der Waals surface area contributed by atoms with Gasteiger partial charge in [0.15, 0.2) is 0 Å². The van der Waals surface area contributed by atoms with Gasteiger partial charge in [-0.3, -0.25) is 9.78 Å². The van der Waals surface area contributed by atoms with Crippen LogP contribution in [0.3, 0.4) is 0 Å². The fourth-order valence-corrected chi connectivity index (χ4v) is 2.27. The van der Waals surface area contributed by atoms with Crippen molar-refractivity contribution in [1.82, 2.24) is 9.88 Å². The average molecular weight is 219 g/mol. The first-order valence-electron chi connectivity index (χ1n) is 5.72. The molecule has 2 heterocycles. The lowest BCUT2D eigenvalue weighted by atomic mass is 9.96. The van der Waals surface area contributed by atoms with Gasteiger partial charge in [0.05, 0.1) is 12.6 Å². The van der Waals surface area contributed by atoms with E-state index >= 15 is 0 Å². The van der Waals surface area contributed by atoms with Crippen LogP contribution >= 0.6 is 0 Å². The Bertz CT molecular complexity index is 353. The number of hydrogen-bond donors (Lipinski definition) is 1. The van der Waals surface area contributed by atoms with Crippen LogP contribution in [-0.2, 0) is 4.79 Å². The van der Waals surface area contributed by atoms with E-state index in [1.54, 1.807) is 6.20 Å². The van der Waals surface area contributed by atoms with Crippen LogP contribution < -0.4 is 5.73 Å². The summed E-state index contributed by atoms with van der Waals surface area (Å²) < 4.78 is 0. The molecule has 1 amide bonds. The molecule has 0 spiro atoms. The van der Waals surface area contributed by atoms with Gasteiger partial charge in [-0.2, -0.15) is 0 Å². The van der Waals surface area contributed by atoms with Crippen LogP contribution in [0.25, 0.3) is 0 Å². The molecule has 1 atom stereocenters. The van der Waals surface area contributed by atoms with Crippen molar-refractivity contribution < 1.29 is 4.79 Å². The molecule has 1 aromatic rings. The summed E-state index contributed by atoms with van der Waals surface area (Å²) in [6.07, 6.45) is 6.84. The molecule has 86 valence electrons. The van der Waals surface area contributed by atoms with E-state index in [0.717, 1.165) is 31.4 Å². The van der Waals surface area contributed by atoms with Crippen molar-refractivity contribution in [3.8, 4) is 0 Å². The fraction of sp³-hybridized carbons (Fsp3) is 0.500. The molecule has 2 rings (SSSR count). The van der Waals surface area contributed by atoms with Gasteiger partial charge in [-0.1, -0.05) is 6.07 Å². The van der Waals surface area contributed by atoms with Crippen LogP contribution in [0.4, 0.5) is 0 Å². The number of nitrogens with zero attached hydrogens (tertiary/aromatic N) is 2. The van der Waals surface area contributed by atoms with Crippen molar-refractivity contribution in [2.45, 2.75) is 25.3 Å². The van der Waals surface area contributed by atoms with Crippen LogP contribution in [0.2, 0.25) is 0 Å². The van der Waals surface area contributed by atoms with E-state index in [9.17, 15) is 4.79 Å². The molecule has 1 aliphatic rings. The Morgan fingerprint density at radius 1 is 1.56 bits per heavy atom. The molecule has 0 aliphatic carbocycles. The second kappa shape index (κ2) is 5.07. The van der Waals surface area contributed by atoms with E-state index in [-0.39, 0.29) is 18.5 Å². The standard InChI is InChI=1S/C12H17N3O/c13-8-12(16)15-7-2-1-5-11(15)10-4-3-6-14-9-10/h3-4,6,9,11H,1-2,5,7-8,13H2/t11-/m0/s1. The first-order valence-corrected chi connectivity index (χ1v) is 5.72. The lowest BCUT2D eigenvalue weighted by Gasteiger charge is -2.35. The van der Waals surface area contributed by atoms with Crippen molar-refractivity contribution in [3.63, 3.8) is 0 Å². The van der Waals surface area contributed by atoms with E-state index in [0.29, 0.717) is 0 Å². The zero-order valence-electron chi connectivity index (χ0n) is 9.30. The van der Waals surface area contributed by atoms with E-state index in [1.165, 1.54) is 0 Å². The number of carbonyl (C=O) groups excluding carboxylic acids is 1. The van der Waals surface area contributed by atoms with Gasteiger partial charge in [-0.05, 0) is 30.9 Å². The van der Waals surface area contributed by atoms with Crippen LogP contribution in [0.5, 0.6) is 0 Å². The minimum atomic E-state index is 0.0357. The zero-order chi connectivity index (χ0) is 11.4. The van der Waals surface area contributed by atoms with Gasteiger partial charge in [0.1, 0.15) is 0 Å². The predicted octanol–water partition coefficient (Wildman–Crippen LogP) is 1.09. The molecule has 4 heteroatoms. The maximum absolute atomic E-state index is 11.7. The maximum Gasteiger partial charge on any atom is 0.236 e. The van der Waals surface area contributed by atoms with E-state index in [4.69, 9.17) is 5.73 Å². The Kier molecular flexibility index (Phi) is 3.51. The Morgan fingerprint density at radius 3 is 3.12 bits per heavy atom. The van der Waals surface area contributed by atoms with Gasteiger partial charge in [-0.15, -0.1) is 0 Å². The van der Waals surface area contributed by atoms with Crippen LogP contribution in [0.15, 0.2) is 24.5 Å². The van der Waals surface area contributed by atoms with Gasteiger partial charge in [0.25, 0.3) is 0 Å². The first-order chi connectivity index (χ1) is 7.83. The monoisotopic (exact) mass is 219 g/mol. The number of rotatable bonds is 2. The number of nitrogens with two attached hydrogens (primary N) is 1. The quantitative estimate of drug-likeness (QED) is 0.810. The van der Waals surface area contributed by atoms with Crippen molar-refractivity contribution in [1.29, 1.82) is 0 Å². The highest BCUT2D eigenvalue weighted by Gasteiger charge is 2.26. The molecule has 0 unspecified atom stereocenters. The number of pyridine rings is 1. The highest BCUT2D eigenvalue weighted by molar-refractivity contribution is 5.78. The van der Waals surface area contributed by atoms with Crippen molar-refractivity contribution in [3.05, 3.63) is 30.1 Å². The smallest absolute Gasteiger partial charge is 0.236 e. The second-order valence-corrected chi connectivity index (χ2v) is 4.09. The predicted molar refractivity (Wildman–Crippen MR) is 61.6 cm³/mol. The molecule has 1 aromatic heterocycles. The number of carbonyl (C=O) groups is 1. The molecule has 1 fully saturated rings. The molecule has 0 radical (unpaired) electrons. The van der Waals surface area contributed by atoms with Gasteiger partial charge in [0, 0.05) is 18.9 Å². The summed E-state index contributed by atoms with van der Waals surface area (Å²) in [4.78, 5) is 17.7. The Balaban J connectivity index is 2.20. The highest BCUT2D eigenvalue weighted by atomic mass is 16.2. The minimum Gasteiger partial charge on any atom is -0.335 e. The Labute approximate surface area is 95.5 Å². The third-order valence-electron chi connectivity index (χ3n) is 3.07. The Morgan fingerprint density at radius 2 is 2.44 bits per heavy atom. The first kappa shape index (κ1) is 11.1. The van der Waals surface area contributed by atoms with Crippen LogP contribution in [0.1, 0.15) is 30.9 Å². The average Bonchev–Trinajstić information content (AvgIpc) is 2.39. The molecule has 4 nitrogen and oxygen atoms in total.